The minimum Gasteiger partial charge on any atom is -0.326 e. The number of aryl methyl sites for hydroxylation is 1. The number of anilines is 2. The summed E-state index contributed by atoms with van der Waals surface area (Å²) in [7, 11) is -3.99. The van der Waals surface area contributed by atoms with Gasteiger partial charge >= 0.3 is 0 Å². The van der Waals surface area contributed by atoms with Crippen molar-refractivity contribution in [2.75, 3.05) is 10.0 Å². The van der Waals surface area contributed by atoms with Crippen LogP contribution >= 0.6 is 27.5 Å². The van der Waals surface area contributed by atoms with Gasteiger partial charge in [0.05, 0.1) is 15.6 Å². The van der Waals surface area contributed by atoms with E-state index in [1.54, 1.807) is 0 Å². The van der Waals surface area contributed by atoms with E-state index in [0.717, 1.165) is 6.07 Å². The van der Waals surface area contributed by atoms with Crippen LogP contribution in [0.15, 0.2) is 39.7 Å². The summed E-state index contributed by atoms with van der Waals surface area (Å²) >= 11 is 8.95. The highest BCUT2D eigenvalue weighted by Gasteiger charge is 2.21. The molecule has 9 heteroatoms. The van der Waals surface area contributed by atoms with Crippen LogP contribution in [-0.2, 0) is 21.2 Å². The summed E-state index contributed by atoms with van der Waals surface area (Å²) in [4.78, 5) is 11.3. The van der Waals surface area contributed by atoms with Crippen LogP contribution in [0.2, 0.25) is 5.02 Å². The highest BCUT2D eigenvalue weighted by Crippen LogP contribution is 2.31. The molecule has 0 bridgehead atoms. The van der Waals surface area contributed by atoms with Crippen molar-refractivity contribution < 1.29 is 17.6 Å². The number of rotatable bonds is 3. The lowest BCUT2D eigenvalue weighted by Crippen LogP contribution is -2.20. The minimum absolute atomic E-state index is 0.0177. The second kappa shape index (κ2) is 6.34. The van der Waals surface area contributed by atoms with Gasteiger partial charge in [-0.25, -0.2) is 12.8 Å². The number of benzene rings is 2. The Morgan fingerprint density at radius 1 is 1.21 bits per heavy atom. The first-order chi connectivity index (χ1) is 11.3. The second-order valence-electron chi connectivity index (χ2n) is 5.22. The number of carbonyl (C=O) groups excluding carboxylic acids is 1. The number of nitrogens with one attached hydrogen (secondary N) is 2. The van der Waals surface area contributed by atoms with Crippen molar-refractivity contribution in [2.45, 2.75) is 17.7 Å². The maximum atomic E-state index is 13.9. The van der Waals surface area contributed by atoms with Crippen molar-refractivity contribution >= 4 is 54.8 Å². The van der Waals surface area contributed by atoms with E-state index in [-0.39, 0.29) is 21.5 Å². The molecule has 1 heterocycles. The summed E-state index contributed by atoms with van der Waals surface area (Å²) in [6.07, 6.45) is 0.740. The van der Waals surface area contributed by atoms with Crippen LogP contribution in [0.4, 0.5) is 15.8 Å². The van der Waals surface area contributed by atoms with E-state index < -0.39 is 15.8 Å². The summed E-state index contributed by atoms with van der Waals surface area (Å²) < 4.78 is 41.4. The Morgan fingerprint density at radius 2 is 1.96 bits per heavy atom. The van der Waals surface area contributed by atoms with Gasteiger partial charge in [0, 0.05) is 16.6 Å². The van der Waals surface area contributed by atoms with Gasteiger partial charge in [-0.3, -0.25) is 9.52 Å². The number of sulfonamides is 1. The topological polar surface area (TPSA) is 75.3 Å². The van der Waals surface area contributed by atoms with Crippen LogP contribution in [0.5, 0.6) is 0 Å². The smallest absolute Gasteiger partial charge is 0.261 e. The fourth-order valence-electron chi connectivity index (χ4n) is 2.33. The predicted molar refractivity (Wildman–Crippen MR) is 93.3 cm³/mol. The van der Waals surface area contributed by atoms with Crippen molar-refractivity contribution in [3.8, 4) is 0 Å². The normalized spacial score (nSPS) is 14.0. The third kappa shape index (κ3) is 3.40. The van der Waals surface area contributed by atoms with E-state index in [9.17, 15) is 17.6 Å². The fraction of sp³-hybridized carbons (Fsp3) is 0.133. The molecule has 1 amide bonds. The maximum Gasteiger partial charge on any atom is 0.261 e. The molecule has 2 N–H and O–H groups in total. The van der Waals surface area contributed by atoms with Crippen LogP contribution < -0.4 is 10.0 Å². The van der Waals surface area contributed by atoms with E-state index in [1.165, 1.54) is 24.3 Å². The molecule has 0 aromatic heterocycles. The Bertz CT molecular complexity index is 950. The molecule has 0 saturated heterocycles. The number of amides is 1. The number of carbonyl (C=O) groups is 1. The lowest BCUT2D eigenvalue weighted by Gasteiger charge is -2.18. The third-order valence-electron chi connectivity index (χ3n) is 3.54. The lowest BCUT2D eigenvalue weighted by atomic mass is 10.0. The van der Waals surface area contributed by atoms with Gasteiger partial charge in [-0.2, -0.15) is 0 Å². The Balaban J connectivity index is 1.94. The number of hydrogen-bond donors (Lipinski definition) is 2. The molecule has 0 unspecified atom stereocenters. The Kier molecular flexibility index (Phi) is 4.54. The van der Waals surface area contributed by atoms with Gasteiger partial charge < -0.3 is 5.32 Å². The summed E-state index contributed by atoms with van der Waals surface area (Å²) in [6, 6.07) is 6.62. The summed E-state index contributed by atoms with van der Waals surface area (Å²) in [5.41, 5.74) is 1.06. The molecule has 2 aromatic rings. The molecule has 1 aliphatic rings. The quantitative estimate of drug-likeness (QED) is 0.720. The van der Waals surface area contributed by atoms with Gasteiger partial charge in [0.15, 0.2) is 0 Å². The average molecular weight is 434 g/mol. The van der Waals surface area contributed by atoms with E-state index in [2.05, 4.69) is 26.0 Å². The van der Waals surface area contributed by atoms with Gasteiger partial charge in [-0.05, 0) is 58.2 Å². The predicted octanol–water partition coefficient (Wildman–Crippen LogP) is 3.93. The zero-order valence-electron chi connectivity index (χ0n) is 12.1. The maximum absolute atomic E-state index is 13.9. The van der Waals surface area contributed by atoms with Gasteiger partial charge in [0.25, 0.3) is 10.0 Å². The molecule has 0 atom stereocenters. The SMILES string of the molecule is O=C1CCc2cc(S(=O)(=O)Nc3cc(Cl)c(Br)cc3F)ccc2N1. The zero-order chi connectivity index (χ0) is 17.5. The molecule has 0 spiro atoms. The van der Waals surface area contributed by atoms with Crippen LogP contribution in [0.1, 0.15) is 12.0 Å². The molecule has 0 aliphatic carbocycles. The Hall–Kier alpha value is -1.64. The molecule has 0 radical (unpaired) electrons. The molecule has 1 aliphatic heterocycles. The Labute approximate surface area is 151 Å². The van der Waals surface area contributed by atoms with Crippen molar-refractivity contribution in [1.82, 2.24) is 0 Å². The molecular formula is C15H11BrClFN2O3S. The molecular weight excluding hydrogens is 423 g/mol. The van der Waals surface area contributed by atoms with Crippen LogP contribution in [0, 0.1) is 5.82 Å². The van der Waals surface area contributed by atoms with Crippen molar-refractivity contribution in [3.05, 3.63) is 51.2 Å². The fourth-order valence-corrected chi connectivity index (χ4v) is 3.92. The van der Waals surface area contributed by atoms with Crippen molar-refractivity contribution in [1.29, 1.82) is 0 Å². The largest absolute Gasteiger partial charge is 0.326 e. The van der Waals surface area contributed by atoms with Gasteiger partial charge in [-0.1, -0.05) is 11.6 Å². The second-order valence-corrected chi connectivity index (χ2v) is 8.16. The number of hydrogen-bond acceptors (Lipinski definition) is 3. The molecule has 0 fully saturated rings. The van der Waals surface area contributed by atoms with Crippen molar-refractivity contribution in [2.24, 2.45) is 0 Å². The molecule has 2 aromatic carbocycles. The standard InChI is InChI=1S/C15H11BrClFN2O3S/c16-10-6-12(18)14(7-11(10)17)20-24(22,23)9-2-3-13-8(5-9)1-4-15(21)19-13/h2-3,5-7,20H,1,4H2,(H,19,21). The van der Waals surface area contributed by atoms with Gasteiger partial charge in [0.2, 0.25) is 5.91 Å². The average Bonchev–Trinajstić information content (AvgIpc) is 2.51. The van der Waals surface area contributed by atoms with Crippen LogP contribution in [0.25, 0.3) is 0 Å². The minimum atomic E-state index is -3.99. The van der Waals surface area contributed by atoms with Crippen LogP contribution in [-0.4, -0.2) is 14.3 Å². The molecule has 126 valence electrons. The zero-order valence-corrected chi connectivity index (χ0v) is 15.2. The first-order valence-corrected chi connectivity index (χ1v) is 9.52. The highest BCUT2D eigenvalue weighted by molar-refractivity contribution is 9.10. The van der Waals surface area contributed by atoms with Gasteiger partial charge in [0.1, 0.15) is 5.82 Å². The monoisotopic (exact) mass is 432 g/mol. The van der Waals surface area contributed by atoms with Crippen molar-refractivity contribution in [3.63, 3.8) is 0 Å². The Morgan fingerprint density at radius 3 is 2.71 bits per heavy atom. The van der Waals surface area contributed by atoms with E-state index in [0.29, 0.717) is 28.6 Å². The summed E-state index contributed by atoms with van der Waals surface area (Å²) in [6.45, 7) is 0. The summed E-state index contributed by atoms with van der Waals surface area (Å²) in [5.74, 6) is -0.858. The van der Waals surface area contributed by atoms with Crippen LogP contribution in [0.3, 0.4) is 0 Å². The molecule has 3 rings (SSSR count). The third-order valence-corrected chi connectivity index (χ3v) is 6.10. The van der Waals surface area contributed by atoms with Gasteiger partial charge in [-0.15, -0.1) is 0 Å². The van der Waals surface area contributed by atoms with E-state index >= 15 is 0 Å². The first kappa shape index (κ1) is 17.2. The highest BCUT2D eigenvalue weighted by atomic mass is 79.9. The molecule has 0 saturated carbocycles. The molecule has 5 nitrogen and oxygen atoms in total. The number of fused-ring (bicyclic) bond motifs is 1. The number of halogens is 3. The summed E-state index contributed by atoms with van der Waals surface area (Å²) in [5, 5.41) is 2.86. The first-order valence-electron chi connectivity index (χ1n) is 6.86. The molecule has 24 heavy (non-hydrogen) atoms. The van der Waals surface area contributed by atoms with E-state index in [4.69, 9.17) is 11.6 Å². The lowest BCUT2D eigenvalue weighted by molar-refractivity contribution is -0.116. The van der Waals surface area contributed by atoms with E-state index in [1.807, 2.05) is 0 Å².